The molecule has 47 heavy (non-hydrogen) atoms. The van der Waals surface area contributed by atoms with Gasteiger partial charge in [0.1, 0.15) is 5.52 Å². The highest BCUT2D eigenvalue weighted by molar-refractivity contribution is 9.12. The molecular formula is C36H24Br2N2O7. The van der Waals surface area contributed by atoms with Gasteiger partial charge in [-0.15, -0.1) is 0 Å². The zero-order chi connectivity index (χ0) is 32.7. The maximum absolute atomic E-state index is 14.3. The molecule has 3 aliphatic carbocycles. The SMILES string of the molecule is COc1cc(Br)cc([C@H]2C3=CC[C@@H]4C(=O)N(c5ccc(-c6nc7ccccc7o6)cc5)C(=O)[C@@H]4[C@@H]3CC3=C2C(=O)C=C(Br)C3=O)c1O. The Morgan fingerprint density at radius 1 is 0.979 bits per heavy atom. The van der Waals surface area contributed by atoms with Gasteiger partial charge in [-0.25, -0.2) is 4.98 Å². The van der Waals surface area contributed by atoms with Crippen molar-refractivity contribution in [3.8, 4) is 23.0 Å². The molecule has 8 rings (SSSR count). The fourth-order valence-electron chi connectivity index (χ4n) is 7.54. The number of methoxy groups -OCH3 is 1. The number of anilines is 1. The number of para-hydroxylation sites is 2. The molecule has 234 valence electrons. The van der Waals surface area contributed by atoms with E-state index in [1.54, 1.807) is 36.4 Å². The number of aromatic nitrogens is 1. The van der Waals surface area contributed by atoms with Gasteiger partial charge in [-0.2, -0.15) is 0 Å². The quantitative estimate of drug-likeness (QED) is 0.135. The summed E-state index contributed by atoms with van der Waals surface area (Å²) < 4.78 is 12.0. The number of phenolic OH excluding ortho intramolecular Hbond substituents is 1. The third-order valence-corrected chi connectivity index (χ3v) is 10.6. The number of phenols is 1. The summed E-state index contributed by atoms with van der Waals surface area (Å²) in [5.74, 6) is -3.73. The Hall–Kier alpha value is -4.61. The van der Waals surface area contributed by atoms with Gasteiger partial charge in [0.15, 0.2) is 28.6 Å². The summed E-state index contributed by atoms with van der Waals surface area (Å²) in [5, 5.41) is 11.3. The number of nitrogens with zero attached hydrogens (tertiary/aromatic N) is 2. The van der Waals surface area contributed by atoms with Crippen LogP contribution >= 0.6 is 31.9 Å². The molecule has 0 spiro atoms. The van der Waals surface area contributed by atoms with Crippen molar-refractivity contribution < 1.29 is 33.4 Å². The molecule has 9 nitrogen and oxygen atoms in total. The van der Waals surface area contributed by atoms with Crippen LogP contribution in [0.2, 0.25) is 0 Å². The lowest BCUT2D eigenvalue weighted by molar-refractivity contribution is -0.123. The Labute approximate surface area is 284 Å². The molecule has 11 heteroatoms. The Morgan fingerprint density at radius 3 is 2.49 bits per heavy atom. The van der Waals surface area contributed by atoms with E-state index in [9.17, 15) is 24.3 Å². The fraction of sp³-hybridized carbons (Fsp3) is 0.194. The molecule has 1 saturated heterocycles. The van der Waals surface area contributed by atoms with Crippen molar-refractivity contribution in [2.45, 2.75) is 18.8 Å². The van der Waals surface area contributed by atoms with Gasteiger partial charge in [-0.3, -0.25) is 24.1 Å². The van der Waals surface area contributed by atoms with E-state index in [0.717, 1.165) is 11.1 Å². The highest BCUT2D eigenvalue weighted by Crippen LogP contribution is 2.57. The Bertz CT molecular complexity index is 2150. The maximum atomic E-state index is 14.3. The number of rotatable bonds is 4. The van der Waals surface area contributed by atoms with Crippen LogP contribution in [-0.2, 0) is 19.2 Å². The van der Waals surface area contributed by atoms with Crippen molar-refractivity contribution in [3.63, 3.8) is 0 Å². The highest BCUT2D eigenvalue weighted by atomic mass is 79.9. The molecule has 1 N–H and O–H groups in total. The summed E-state index contributed by atoms with van der Waals surface area (Å²) in [4.78, 5) is 61.1. The zero-order valence-corrected chi connectivity index (χ0v) is 27.9. The first-order valence-corrected chi connectivity index (χ1v) is 16.5. The molecule has 2 amide bonds. The van der Waals surface area contributed by atoms with Crippen molar-refractivity contribution in [3.05, 3.63) is 104 Å². The first-order valence-electron chi connectivity index (χ1n) is 15.0. The van der Waals surface area contributed by atoms with Gasteiger partial charge in [0.25, 0.3) is 0 Å². The second-order valence-electron chi connectivity index (χ2n) is 12.0. The average molecular weight is 756 g/mol. The first kappa shape index (κ1) is 29.8. The van der Waals surface area contributed by atoms with Crippen molar-refractivity contribution in [2.24, 2.45) is 17.8 Å². The Kier molecular flexibility index (Phi) is 6.96. The van der Waals surface area contributed by atoms with Crippen LogP contribution in [0.4, 0.5) is 5.69 Å². The molecule has 4 aliphatic rings. The lowest BCUT2D eigenvalue weighted by Gasteiger charge is -2.42. The van der Waals surface area contributed by atoms with Crippen LogP contribution < -0.4 is 9.64 Å². The average Bonchev–Trinajstić information content (AvgIpc) is 3.62. The van der Waals surface area contributed by atoms with E-state index in [-0.39, 0.29) is 63.4 Å². The summed E-state index contributed by atoms with van der Waals surface area (Å²) in [5.41, 5.74) is 4.13. The standard InChI is InChI=1S/C36H24Br2N2O7/c1-46-28-13-17(37)12-22(33(28)43)29-19-10-11-20-30(21(19)14-23-31(29)26(41)15-24(38)32(23)42)36(45)40(35(20)44)18-8-6-16(7-9-18)34-39-25-4-2-3-5-27(25)47-34/h2-10,12-13,15,20-21,29-30,43H,11,14H2,1H3/t20-,21+,29+,30-/m0/s1. The number of hydrogen-bond donors (Lipinski definition) is 1. The minimum Gasteiger partial charge on any atom is -0.504 e. The van der Waals surface area contributed by atoms with Crippen LogP contribution in [-0.4, -0.2) is 40.6 Å². The molecule has 0 radical (unpaired) electrons. The summed E-state index contributed by atoms with van der Waals surface area (Å²) in [6.07, 6.45) is 3.54. The van der Waals surface area contributed by atoms with Gasteiger partial charge >= 0.3 is 0 Å². The number of allylic oxidation sites excluding steroid dienone is 6. The number of carbonyl (C=O) groups excluding carboxylic acids is 4. The number of halogens is 2. The number of ether oxygens (including phenoxy) is 1. The number of hydrogen-bond acceptors (Lipinski definition) is 8. The highest BCUT2D eigenvalue weighted by Gasteiger charge is 2.57. The third-order valence-electron chi connectivity index (χ3n) is 9.60. The van der Waals surface area contributed by atoms with Crippen molar-refractivity contribution in [2.75, 3.05) is 12.0 Å². The second-order valence-corrected chi connectivity index (χ2v) is 13.8. The number of fused-ring (bicyclic) bond motifs is 4. The van der Waals surface area contributed by atoms with E-state index < -0.39 is 23.7 Å². The van der Waals surface area contributed by atoms with Gasteiger partial charge in [-0.1, -0.05) is 39.7 Å². The van der Waals surface area contributed by atoms with Crippen molar-refractivity contribution in [1.82, 2.24) is 4.98 Å². The predicted molar refractivity (Wildman–Crippen MR) is 179 cm³/mol. The van der Waals surface area contributed by atoms with Crippen LogP contribution in [0.3, 0.4) is 0 Å². The number of amides is 2. The van der Waals surface area contributed by atoms with Crippen LogP contribution in [0.1, 0.15) is 24.3 Å². The Balaban J connectivity index is 1.18. The largest absolute Gasteiger partial charge is 0.504 e. The van der Waals surface area contributed by atoms with E-state index in [2.05, 4.69) is 36.8 Å². The van der Waals surface area contributed by atoms with E-state index in [0.29, 0.717) is 32.8 Å². The summed E-state index contributed by atoms with van der Waals surface area (Å²) in [6.45, 7) is 0. The lowest BCUT2D eigenvalue weighted by Crippen LogP contribution is -2.39. The van der Waals surface area contributed by atoms with Crippen LogP contribution in [0.5, 0.6) is 11.5 Å². The molecular weight excluding hydrogens is 732 g/mol. The maximum Gasteiger partial charge on any atom is 0.238 e. The van der Waals surface area contributed by atoms with Crippen LogP contribution in [0, 0.1) is 17.8 Å². The molecule has 0 bridgehead atoms. The first-order chi connectivity index (χ1) is 22.7. The molecule has 3 aromatic carbocycles. The number of imide groups is 1. The number of benzene rings is 3. The normalized spacial score (nSPS) is 23.9. The van der Waals surface area contributed by atoms with E-state index in [4.69, 9.17) is 9.15 Å². The molecule has 4 aromatic rings. The van der Waals surface area contributed by atoms with Crippen LogP contribution in [0.15, 0.2) is 103 Å². The summed E-state index contributed by atoms with van der Waals surface area (Å²) >= 11 is 6.72. The Morgan fingerprint density at radius 2 is 1.74 bits per heavy atom. The minimum atomic E-state index is -0.822. The minimum absolute atomic E-state index is 0.113. The molecule has 0 saturated carbocycles. The van der Waals surface area contributed by atoms with Gasteiger partial charge in [0, 0.05) is 38.7 Å². The molecule has 4 atom stereocenters. The number of ketones is 2. The molecule has 1 aromatic heterocycles. The molecule has 1 fully saturated rings. The predicted octanol–water partition coefficient (Wildman–Crippen LogP) is 6.94. The van der Waals surface area contributed by atoms with Crippen molar-refractivity contribution >= 4 is 72.0 Å². The molecule has 1 aliphatic heterocycles. The number of aromatic hydroxyl groups is 1. The zero-order valence-electron chi connectivity index (χ0n) is 24.7. The smallest absolute Gasteiger partial charge is 0.238 e. The van der Waals surface area contributed by atoms with Gasteiger partial charge in [0.2, 0.25) is 17.7 Å². The third kappa shape index (κ3) is 4.51. The van der Waals surface area contributed by atoms with Gasteiger partial charge in [0.05, 0.1) is 29.1 Å². The van der Waals surface area contributed by atoms with Gasteiger partial charge in [-0.05, 0) is 83.2 Å². The van der Waals surface area contributed by atoms with E-state index in [1.807, 2.05) is 30.3 Å². The molecule has 2 heterocycles. The topological polar surface area (TPSA) is 127 Å². The summed E-state index contributed by atoms with van der Waals surface area (Å²) in [6, 6.07) is 17.7. The number of carbonyl (C=O) groups is 4. The number of oxazole rings is 1. The van der Waals surface area contributed by atoms with Crippen LogP contribution in [0.25, 0.3) is 22.6 Å². The second kappa shape index (κ2) is 11.0. The monoisotopic (exact) mass is 754 g/mol. The fourth-order valence-corrected chi connectivity index (χ4v) is 8.44. The summed E-state index contributed by atoms with van der Waals surface area (Å²) in [7, 11) is 1.43. The van der Waals surface area contributed by atoms with Crippen molar-refractivity contribution in [1.29, 1.82) is 0 Å². The van der Waals surface area contributed by atoms with E-state index in [1.165, 1.54) is 18.1 Å². The molecule has 0 unspecified atom stereocenters. The van der Waals surface area contributed by atoms with Gasteiger partial charge < -0.3 is 14.3 Å². The number of Topliss-reactive ketones (excluding diaryl/α,β-unsaturated/α-hetero) is 1. The van der Waals surface area contributed by atoms with E-state index >= 15 is 0 Å². The lowest BCUT2D eigenvalue weighted by atomic mass is 9.59.